The molecule has 1 N–H and O–H groups in total. The Kier molecular flexibility index (Phi) is 6.97. The zero-order chi connectivity index (χ0) is 19.3. The van der Waals surface area contributed by atoms with Crippen LogP contribution in [-0.4, -0.2) is 41.7 Å². The highest BCUT2D eigenvalue weighted by Gasteiger charge is 2.23. The molecule has 1 aromatic heterocycles. The molecule has 2 aromatic rings. The number of rotatable bonds is 6. The molecule has 0 saturated carbocycles. The second-order valence-electron chi connectivity index (χ2n) is 5.63. The largest absolute Gasteiger partial charge is 0.465 e. The Morgan fingerprint density at radius 2 is 1.77 bits per heavy atom. The molecule has 0 bridgehead atoms. The highest BCUT2D eigenvalue weighted by atomic mass is 35.5. The topological polar surface area (TPSA) is 79.7 Å². The maximum absolute atomic E-state index is 12.3. The summed E-state index contributed by atoms with van der Waals surface area (Å²) in [5.74, 6) is -0.898. The molecule has 6 nitrogen and oxygen atoms in total. The van der Waals surface area contributed by atoms with Crippen molar-refractivity contribution < 1.29 is 19.4 Å². The van der Waals surface area contributed by atoms with Gasteiger partial charge in [0, 0.05) is 6.04 Å². The Morgan fingerprint density at radius 3 is 2.27 bits per heavy atom. The quantitative estimate of drug-likeness (QED) is 0.599. The Hall–Kier alpha value is -2.15. The number of aromatic nitrogens is 1. The van der Waals surface area contributed by atoms with Gasteiger partial charge in [0.1, 0.15) is 16.9 Å². The molecular weight excluding hydrogens is 379 g/mol. The van der Waals surface area contributed by atoms with Crippen molar-refractivity contribution in [3.05, 3.63) is 57.8 Å². The zero-order valence-corrected chi connectivity index (χ0v) is 15.8. The molecule has 1 aromatic carbocycles. The minimum atomic E-state index is -0.650. The molecule has 1 unspecified atom stereocenters. The molecule has 0 fully saturated rings. The van der Waals surface area contributed by atoms with Gasteiger partial charge in [0.25, 0.3) is 5.91 Å². The molecule has 8 heteroatoms. The van der Waals surface area contributed by atoms with E-state index in [1.54, 1.807) is 24.3 Å². The summed E-state index contributed by atoms with van der Waals surface area (Å²) in [6, 6.07) is 9.62. The smallest absolute Gasteiger partial charge is 0.337 e. The van der Waals surface area contributed by atoms with Gasteiger partial charge in [-0.15, -0.1) is 0 Å². The summed E-state index contributed by atoms with van der Waals surface area (Å²) in [4.78, 5) is 29.0. The Labute approximate surface area is 161 Å². The number of methoxy groups -OCH3 is 1. The first-order valence-corrected chi connectivity index (χ1v) is 8.54. The number of nitrogens with zero attached hydrogens (tertiary/aromatic N) is 2. The summed E-state index contributed by atoms with van der Waals surface area (Å²) in [6.07, 6.45) is 0.491. The van der Waals surface area contributed by atoms with E-state index < -0.39 is 18.5 Å². The number of pyridine rings is 1. The molecule has 0 aliphatic rings. The van der Waals surface area contributed by atoms with E-state index in [2.05, 4.69) is 9.72 Å². The Balaban J connectivity index is 2.25. The number of aliphatic hydroxyl groups is 1. The lowest BCUT2D eigenvalue weighted by atomic mass is 10.0. The highest BCUT2D eigenvalue weighted by Crippen LogP contribution is 2.25. The number of esters is 1. The van der Waals surface area contributed by atoms with E-state index in [1.165, 1.54) is 24.1 Å². The van der Waals surface area contributed by atoms with Crippen LogP contribution in [0.2, 0.25) is 10.3 Å². The Morgan fingerprint density at radius 1 is 1.19 bits per heavy atom. The van der Waals surface area contributed by atoms with E-state index in [1.807, 2.05) is 6.92 Å². The van der Waals surface area contributed by atoms with E-state index in [9.17, 15) is 14.7 Å². The van der Waals surface area contributed by atoms with Crippen LogP contribution in [0, 0.1) is 0 Å². The average Bonchev–Trinajstić information content (AvgIpc) is 2.60. The van der Waals surface area contributed by atoms with Gasteiger partial charge in [-0.05, 0) is 43.2 Å². The summed E-state index contributed by atoms with van der Waals surface area (Å²) >= 11 is 11.9. The zero-order valence-electron chi connectivity index (χ0n) is 14.3. The summed E-state index contributed by atoms with van der Waals surface area (Å²) in [6.45, 7) is 1.19. The van der Waals surface area contributed by atoms with E-state index in [4.69, 9.17) is 23.2 Å². The lowest BCUT2D eigenvalue weighted by Gasteiger charge is -2.29. The van der Waals surface area contributed by atoms with Gasteiger partial charge in [-0.3, -0.25) is 4.79 Å². The lowest BCUT2D eigenvalue weighted by molar-refractivity contribution is -0.121. The van der Waals surface area contributed by atoms with Crippen molar-refractivity contribution in [2.45, 2.75) is 19.4 Å². The van der Waals surface area contributed by atoms with Gasteiger partial charge >= 0.3 is 5.97 Å². The van der Waals surface area contributed by atoms with Gasteiger partial charge in [-0.25, -0.2) is 9.78 Å². The predicted molar refractivity (Wildman–Crippen MR) is 99.8 cm³/mol. The standard InChI is InChI=1S/C18H18Cl2N2O4/c1-11(7-12-3-5-13(6-4-12)18(25)26-2)22(17(24)10-23)14-8-15(19)21-16(20)9-14/h3-6,8-9,11,23H,7,10H2,1-2H3. The summed E-state index contributed by atoms with van der Waals surface area (Å²) < 4.78 is 4.67. The molecule has 0 aliphatic heterocycles. The molecule has 1 atom stereocenters. The maximum Gasteiger partial charge on any atom is 0.337 e. The van der Waals surface area contributed by atoms with Gasteiger partial charge in [-0.2, -0.15) is 0 Å². The number of hydrogen-bond acceptors (Lipinski definition) is 5. The average molecular weight is 397 g/mol. The molecule has 1 amide bonds. The van der Waals surface area contributed by atoms with Crippen molar-refractivity contribution in [3.8, 4) is 0 Å². The SMILES string of the molecule is COC(=O)c1ccc(CC(C)N(C(=O)CO)c2cc(Cl)nc(Cl)c2)cc1. The first kappa shape index (κ1) is 20.2. The minimum absolute atomic E-state index is 0.151. The number of benzene rings is 1. The van der Waals surface area contributed by atoms with Crippen molar-refractivity contribution in [2.75, 3.05) is 18.6 Å². The third kappa shape index (κ3) is 4.94. The summed E-state index contributed by atoms with van der Waals surface area (Å²) in [7, 11) is 1.32. The Bertz CT molecular complexity index is 776. The highest BCUT2D eigenvalue weighted by molar-refractivity contribution is 6.33. The molecule has 0 radical (unpaired) electrons. The van der Waals surface area contributed by atoms with Gasteiger partial charge in [0.2, 0.25) is 0 Å². The number of halogens is 2. The third-order valence-corrected chi connectivity index (χ3v) is 4.16. The lowest BCUT2D eigenvalue weighted by Crippen LogP contribution is -2.41. The predicted octanol–water partition coefficient (Wildman–Crippen LogP) is 3.13. The maximum atomic E-state index is 12.3. The fourth-order valence-corrected chi connectivity index (χ4v) is 3.09. The van der Waals surface area contributed by atoms with Crippen molar-refractivity contribution in [3.63, 3.8) is 0 Å². The minimum Gasteiger partial charge on any atom is -0.465 e. The third-order valence-electron chi connectivity index (χ3n) is 3.78. The first-order chi connectivity index (χ1) is 12.3. The van der Waals surface area contributed by atoms with Crippen LogP contribution in [0.4, 0.5) is 5.69 Å². The first-order valence-electron chi connectivity index (χ1n) is 7.79. The van der Waals surface area contributed by atoms with Crippen LogP contribution in [0.15, 0.2) is 36.4 Å². The van der Waals surface area contributed by atoms with Crippen molar-refractivity contribution in [1.82, 2.24) is 4.98 Å². The van der Waals surface area contributed by atoms with E-state index in [0.29, 0.717) is 17.7 Å². The van der Waals surface area contributed by atoms with Crippen LogP contribution in [-0.2, 0) is 16.0 Å². The van der Waals surface area contributed by atoms with Crippen LogP contribution in [0.25, 0.3) is 0 Å². The molecule has 0 aliphatic carbocycles. The summed E-state index contributed by atoms with van der Waals surface area (Å²) in [5, 5.41) is 9.62. The molecule has 1 heterocycles. The van der Waals surface area contributed by atoms with Gasteiger partial charge in [0.05, 0.1) is 18.4 Å². The van der Waals surface area contributed by atoms with Crippen LogP contribution < -0.4 is 4.90 Å². The molecule has 138 valence electrons. The molecule has 2 rings (SSSR count). The number of amides is 1. The number of anilines is 1. The fraction of sp³-hybridized carbons (Fsp3) is 0.278. The molecule has 26 heavy (non-hydrogen) atoms. The van der Waals surface area contributed by atoms with E-state index >= 15 is 0 Å². The number of hydrogen-bond donors (Lipinski definition) is 1. The van der Waals surface area contributed by atoms with Crippen molar-refractivity contribution in [2.24, 2.45) is 0 Å². The van der Waals surface area contributed by atoms with Gasteiger partial charge in [0.15, 0.2) is 0 Å². The fourth-order valence-electron chi connectivity index (χ4n) is 2.64. The van der Waals surface area contributed by atoms with Crippen LogP contribution in [0.5, 0.6) is 0 Å². The second kappa shape index (κ2) is 8.98. The number of carbonyl (C=O) groups excluding carboxylic acids is 2. The number of ether oxygens (including phenoxy) is 1. The van der Waals surface area contributed by atoms with E-state index in [0.717, 1.165) is 5.56 Å². The normalized spacial score (nSPS) is 11.7. The second-order valence-corrected chi connectivity index (χ2v) is 6.41. The molecular formula is C18H18Cl2N2O4. The van der Waals surface area contributed by atoms with Crippen LogP contribution in [0.1, 0.15) is 22.8 Å². The van der Waals surface area contributed by atoms with Crippen LogP contribution >= 0.6 is 23.2 Å². The van der Waals surface area contributed by atoms with Gasteiger partial charge in [-0.1, -0.05) is 35.3 Å². The molecule has 0 spiro atoms. The number of aliphatic hydroxyl groups excluding tert-OH is 1. The molecule has 0 saturated heterocycles. The van der Waals surface area contributed by atoms with Crippen molar-refractivity contribution in [1.29, 1.82) is 0 Å². The van der Waals surface area contributed by atoms with Crippen LogP contribution in [0.3, 0.4) is 0 Å². The summed E-state index contributed by atoms with van der Waals surface area (Å²) in [5.41, 5.74) is 1.81. The van der Waals surface area contributed by atoms with Gasteiger partial charge < -0.3 is 14.7 Å². The van der Waals surface area contributed by atoms with E-state index in [-0.39, 0.29) is 16.3 Å². The number of carbonyl (C=O) groups is 2. The van der Waals surface area contributed by atoms with Crippen molar-refractivity contribution >= 4 is 40.8 Å². The monoisotopic (exact) mass is 396 g/mol.